The third kappa shape index (κ3) is 2.11. The summed E-state index contributed by atoms with van der Waals surface area (Å²) in [6, 6.07) is 7.70. The average Bonchev–Trinajstić information content (AvgIpc) is 2.92. The first-order valence-corrected chi connectivity index (χ1v) is 7.22. The van der Waals surface area contributed by atoms with E-state index in [0.717, 1.165) is 14.3 Å². The Labute approximate surface area is 121 Å². The standard InChI is InChI=1S/C12H9IN2O2S/c13-8-1-3-9(4-2-8)17-11-10(7-16)15-5-6-18-12(15)14-11/h1-6,16H,7H2. The number of hydrogen-bond acceptors (Lipinski definition) is 4. The highest BCUT2D eigenvalue weighted by molar-refractivity contribution is 14.1. The number of aliphatic hydroxyl groups is 1. The van der Waals surface area contributed by atoms with E-state index in [9.17, 15) is 5.11 Å². The van der Waals surface area contributed by atoms with Gasteiger partial charge in [-0.25, -0.2) is 0 Å². The van der Waals surface area contributed by atoms with Crippen molar-refractivity contribution in [3.63, 3.8) is 0 Å². The maximum absolute atomic E-state index is 9.41. The molecule has 0 atom stereocenters. The lowest BCUT2D eigenvalue weighted by molar-refractivity contribution is 0.270. The lowest BCUT2D eigenvalue weighted by Crippen LogP contribution is -1.93. The Morgan fingerprint density at radius 1 is 1.33 bits per heavy atom. The largest absolute Gasteiger partial charge is 0.437 e. The summed E-state index contributed by atoms with van der Waals surface area (Å²) >= 11 is 3.75. The van der Waals surface area contributed by atoms with Gasteiger partial charge in [-0.2, -0.15) is 4.98 Å². The zero-order valence-electron chi connectivity index (χ0n) is 9.21. The molecular formula is C12H9IN2O2S. The number of hydrogen-bond donors (Lipinski definition) is 1. The van der Waals surface area contributed by atoms with Gasteiger partial charge in [0.25, 0.3) is 0 Å². The lowest BCUT2D eigenvalue weighted by atomic mass is 10.3. The van der Waals surface area contributed by atoms with Crippen LogP contribution in [-0.4, -0.2) is 14.5 Å². The summed E-state index contributed by atoms with van der Waals surface area (Å²) in [6.07, 6.45) is 1.87. The van der Waals surface area contributed by atoms with E-state index in [0.29, 0.717) is 11.6 Å². The molecule has 2 aromatic heterocycles. The van der Waals surface area contributed by atoms with Gasteiger partial charge in [-0.05, 0) is 46.9 Å². The normalized spacial score (nSPS) is 11.0. The van der Waals surface area contributed by atoms with Crippen LogP contribution < -0.4 is 4.74 Å². The topological polar surface area (TPSA) is 46.8 Å². The molecule has 3 rings (SSSR count). The second-order valence-electron chi connectivity index (χ2n) is 3.63. The fraction of sp³-hybridized carbons (Fsp3) is 0.0833. The van der Waals surface area contributed by atoms with Crippen molar-refractivity contribution < 1.29 is 9.84 Å². The van der Waals surface area contributed by atoms with Gasteiger partial charge in [0.05, 0.1) is 6.61 Å². The molecule has 0 saturated carbocycles. The molecule has 1 aromatic carbocycles. The fourth-order valence-corrected chi connectivity index (χ4v) is 2.74. The molecule has 1 N–H and O–H groups in total. The molecule has 0 saturated heterocycles. The molecule has 0 aliphatic carbocycles. The zero-order chi connectivity index (χ0) is 12.5. The minimum absolute atomic E-state index is 0.0996. The summed E-state index contributed by atoms with van der Waals surface area (Å²) in [7, 11) is 0. The highest BCUT2D eigenvalue weighted by Gasteiger charge is 2.14. The van der Waals surface area contributed by atoms with Crippen LogP contribution in [0.1, 0.15) is 5.69 Å². The number of imidazole rings is 1. The summed E-state index contributed by atoms with van der Waals surface area (Å²) in [6.45, 7) is -0.0996. The van der Waals surface area contributed by atoms with Crippen LogP contribution in [0, 0.1) is 3.57 Å². The second-order valence-corrected chi connectivity index (χ2v) is 5.75. The predicted octanol–water partition coefficient (Wildman–Crippen LogP) is 3.29. The number of aliphatic hydroxyl groups excluding tert-OH is 1. The summed E-state index contributed by atoms with van der Waals surface area (Å²) in [5.41, 5.74) is 0.671. The van der Waals surface area contributed by atoms with E-state index < -0.39 is 0 Å². The first-order valence-electron chi connectivity index (χ1n) is 5.26. The van der Waals surface area contributed by atoms with Crippen LogP contribution >= 0.6 is 33.9 Å². The van der Waals surface area contributed by atoms with Crippen molar-refractivity contribution in [2.24, 2.45) is 0 Å². The molecule has 0 amide bonds. The van der Waals surface area contributed by atoms with Crippen molar-refractivity contribution in [3.05, 3.63) is 45.1 Å². The van der Waals surface area contributed by atoms with Gasteiger partial charge in [-0.15, -0.1) is 11.3 Å². The van der Waals surface area contributed by atoms with E-state index >= 15 is 0 Å². The van der Waals surface area contributed by atoms with Crippen molar-refractivity contribution in [2.75, 3.05) is 0 Å². The van der Waals surface area contributed by atoms with Gasteiger partial charge in [0.15, 0.2) is 4.96 Å². The summed E-state index contributed by atoms with van der Waals surface area (Å²) < 4.78 is 8.70. The van der Waals surface area contributed by atoms with Crippen molar-refractivity contribution in [3.8, 4) is 11.6 Å². The van der Waals surface area contributed by atoms with Crippen molar-refractivity contribution in [1.82, 2.24) is 9.38 Å². The molecule has 0 unspecified atom stereocenters. The van der Waals surface area contributed by atoms with E-state index in [1.165, 1.54) is 11.3 Å². The Bertz CT molecular complexity index is 675. The van der Waals surface area contributed by atoms with Crippen molar-refractivity contribution in [1.29, 1.82) is 0 Å². The van der Waals surface area contributed by atoms with Gasteiger partial charge in [-0.1, -0.05) is 0 Å². The number of benzene rings is 1. The van der Waals surface area contributed by atoms with Gasteiger partial charge in [0.2, 0.25) is 5.88 Å². The van der Waals surface area contributed by atoms with Gasteiger partial charge >= 0.3 is 0 Å². The number of ether oxygens (including phenoxy) is 1. The third-order valence-electron chi connectivity index (χ3n) is 2.50. The Balaban J connectivity index is 1.98. The summed E-state index contributed by atoms with van der Waals surface area (Å²) in [5, 5.41) is 11.3. The van der Waals surface area contributed by atoms with Gasteiger partial charge in [0.1, 0.15) is 11.4 Å². The predicted molar refractivity (Wildman–Crippen MR) is 78.2 cm³/mol. The minimum atomic E-state index is -0.0996. The number of halogens is 1. The molecule has 6 heteroatoms. The maximum atomic E-state index is 9.41. The molecule has 0 spiro atoms. The Morgan fingerprint density at radius 2 is 2.11 bits per heavy atom. The Kier molecular flexibility index (Phi) is 3.23. The first kappa shape index (κ1) is 11.9. The zero-order valence-corrected chi connectivity index (χ0v) is 12.2. The SMILES string of the molecule is OCc1c(Oc2ccc(I)cc2)nc2sccn12. The average molecular weight is 372 g/mol. The number of fused-ring (bicyclic) bond motifs is 1. The third-order valence-corrected chi connectivity index (χ3v) is 3.98. The van der Waals surface area contributed by atoms with E-state index in [1.54, 1.807) is 0 Å². The van der Waals surface area contributed by atoms with Gasteiger partial charge in [-0.3, -0.25) is 4.40 Å². The number of nitrogens with zero attached hydrogens (tertiary/aromatic N) is 2. The fourth-order valence-electron chi connectivity index (χ4n) is 1.65. The number of aromatic nitrogens is 2. The molecule has 4 nitrogen and oxygen atoms in total. The van der Waals surface area contributed by atoms with Crippen LogP contribution in [0.3, 0.4) is 0 Å². The van der Waals surface area contributed by atoms with Crippen LogP contribution in [-0.2, 0) is 6.61 Å². The van der Waals surface area contributed by atoms with Crippen LogP contribution in [0.2, 0.25) is 0 Å². The first-order chi connectivity index (χ1) is 8.78. The monoisotopic (exact) mass is 372 g/mol. The highest BCUT2D eigenvalue weighted by Crippen LogP contribution is 2.28. The van der Waals surface area contributed by atoms with Gasteiger partial charge in [0, 0.05) is 15.1 Å². The van der Waals surface area contributed by atoms with Gasteiger partial charge < -0.3 is 9.84 Å². The van der Waals surface area contributed by atoms with Crippen molar-refractivity contribution in [2.45, 2.75) is 6.61 Å². The van der Waals surface area contributed by atoms with E-state index in [1.807, 2.05) is 40.2 Å². The summed E-state index contributed by atoms with van der Waals surface area (Å²) in [5.74, 6) is 1.18. The second kappa shape index (κ2) is 4.87. The molecular weight excluding hydrogens is 363 g/mol. The quantitative estimate of drug-likeness (QED) is 0.718. The van der Waals surface area contributed by atoms with Crippen LogP contribution in [0.25, 0.3) is 4.96 Å². The molecule has 2 heterocycles. The highest BCUT2D eigenvalue weighted by atomic mass is 127. The molecule has 0 aliphatic rings. The van der Waals surface area contributed by atoms with E-state index in [-0.39, 0.29) is 6.61 Å². The van der Waals surface area contributed by atoms with E-state index in [2.05, 4.69) is 27.6 Å². The maximum Gasteiger partial charge on any atom is 0.244 e. The van der Waals surface area contributed by atoms with Crippen LogP contribution in [0.4, 0.5) is 0 Å². The Hall–Kier alpha value is -1.12. The Morgan fingerprint density at radius 3 is 2.83 bits per heavy atom. The smallest absolute Gasteiger partial charge is 0.244 e. The number of thiazole rings is 1. The van der Waals surface area contributed by atoms with Crippen molar-refractivity contribution >= 4 is 38.9 Å². The number of rotatable bonds is 3. The molecule has 0 radical (unpaired) electrons. The molecule has 0 aliphatic heterocycles. The molecule has 3 aromatic rings. The van der Waals surface area contributed by atoms with E-state index in [4.69, 9.17) is 4.74 Å². The molecule has 92 valence electrons. The minimum Gasteiger partial charge on any atom is -0.437 e. The van der Waals surface area contributed by atoms with Crippen LogP contribution in [0.15, 0.2) is 35.8 Å². The summed E-state index contributed by atoms with van der Waals surface area (Å²) in [4.78, 5) is 5.18. The van der Waals surface area contributed by atoms with Crippen LogP contribution in [0.5, 0.6) is 11.6 Å². The molecule has 18 heavy (non-hydrogen) atoms. The molecule has 0 bridgehead atoms. The molecule has 0 fully saturated rings. The lowest BCUT2D eigenvalue weighted by Gasteiger charge is -2.04.